The molecule has 0 aliphatic carbocycles. The highest BCUT2D eigenvalue weighted by Crippen LogP contribution is 2.13. The van der Waals surface area contributed by atoms with Crippen molar-refractivity contribution in [2.45, 2.75) is 20.3 Å². The zero-order chi connectivity index (χ0) is 12.3. The van der Waals surface area contributed by atoms with Crippen LogP contribution in [0.3, 0.4) is 0 Å². The molecule has 1 N–H and O–H groups in total. The first-order valence-corrected chi connectivity index (χ1v) is 5.75. The Balaban J connectivity index is 2.22. The predicted molar refractivity (Wildman–Crippen MR) is 70.3 cm³/mol. The van der Waals surface area contributed by atoms with Crippen LogP contribution < -0.4 is 5.32 Å². The van der Waals surface area contributed by atoms with Crippen molar-refractivity contribution in [3.05, 3.63) is 53.0 Å². The Hall–Kier alpha value is -1.90. The minimum Gasteiger partial charge on any atom is -0.373 e. The SMILES string of the molecule is CNc1ccnc(Cc2ccc(C)c(C)c2)n1. The fourth-order valence-electron chi connectivity index (χ4n) is 1.72. The quantitative estimate of drug-likeness (QED) is 0.876. The summed E-state index contributed by atoms with van der Waals surface area (Å²) in [6, 6.07) is 8.35. The largest absolute Gasteiger partial charge is 0.373 e. The number of benzene rings is 1. The van der Waals surface area contributed by atoms with Gasteiger partial charge in [-0.1, -0.05) is 18.2 Å². The van der Waals surface area contributed by atoms with Crippen LogP contribution in [0, 0.1) is 13.8 Å². The second-order valence-electron chi connectivity index (χ2n) is 4.20. The van der Waals surface area contributed by atoms with Gasteiger partial charge in [0.1, 0.15) is 11.6 Å². The lowest BCUT2D eigenvalue weighted by Gasteiger charge is -2.05. The third-order valence-electron chi connectivity index (χ3n) is 2.90. The highest BCUT2D eigenvalue weighted by atomic mass is 15.0. The molecule has 1 heterocycles. The zero-order valence-corrected chi connectivity index (χ0v) is 10.5. The van der Waals surface area contributed by atoms with Gasteiger partial charge in [0.15, 0.2) is 0 Å². The molecule has 0 saturated heterocycles. The van der Waals surface area contributed by atoms with Crippen molar-refractivity contribution in [1.82, 2.24) is 9.97 Å². The molecule has 0 bridgehead atoms. The second kappa shape index (κ2) is 4.95. The topological polar surface area (TPSA) is 37.8 Å². The lowest BCUT2D eigenvalue weighted by atomic mass is 10.0. The molecule has 1 aromatic carbocycles. The van der Waals surface area contributed by atoms with E-state index in [0.29, 0.717) is 0 Å². The number of nitrogens with zero attached hydrogens (tertiary/aromatic N) is 2. The molecule has 0 aliphatic rings. The van der Waals surface area contributed by atoms with E-state index in [1.165, 1.54) is 16.7 Å². The highest BCUT2D eigenvalue weighted by molar-refractivity contribution is 5.34. The number of aromatic nitrogens is 2. The molecule has 17 heavy (non-hydrogen) atoms. The van der Waals surface area contributed by atoms with Gasteiger partial charge in [0.2, 0.25) is 0 Å². The van der Waals surface area contributed by atoms with Crippen LogP contribution in [0.15, 0.2) is 30.5 Å². The van der Waals surface area contributed by atoms with E-state index in [9.17, 15) is 0 Å². The van der Waals surface area contributed by atoms with E-state index >= 15 is 0 Å². The second-order valence-corrected chi connectivity index (χ2v) is 4.20. The first-order valence-electron chi connectivity index (χ1n) is 5.75. The van der Waals surface area contributed by atoms with E-state index < -0.39 is 0 Å². The molecule has 0 amide bonds. The van der Waals surface area contributed by atoms with Crippen LogP contribution in [0.5, 0.6) is 0 Å². The maximum atomic E-state index is 4.42. The third-order valence-corrected chi connectivity index (χ3v) is 2.90. The maximum absolute atomic E-state index is 4.42. The van der Waals surface area contributed by atoms with E-state index in [2.05, 4.69) is 47.3 Å². The van der Waals surface area contributed by atoms with E-state index in [1.807, 2.05) is 13.1 Å². The van der Waals surface area contributed by atoms with Gasteiger partial charge >= 0.3 is 0 Å². The lowest BCUT2D eigenvalue weighted by molar-refractivity contribution is 0.967. The van der Waals surface area contributed by atoms with Crippen LogP contribution in [0.25, 0.3) is 0 Å². The van der Waals surface area contributed by atoms with E-state index in [-0.39, 0.29) is 0 Å². The minimum atomic E-state index is 0.774. The highest BCUT2D eigenvalue weighted by Gasteiger charge is 2.02. The molecule has 0 spiro atoms. The van der Waals surface area contributed by atoms with E-state index in [0.717, 1.165) is 18.1 Å². The van der Waals surface area contributed by atoms with Crippen molar-refractivity contribution < 1.29 is 0 Å². The monoisotopic (exact) mass is 227 g/mol. The molecular weight excluding hydrogens is 210 g/mol. The Labute approximate surface area is 102 Å². The summed E-state index contributed by atoms with van der Waals surface area (Å²) in [7, 11) is 1.86. The number of rotatable bonds is 3. The predicted octanol–water partition coefficient (Wildman–Crippen LogP) is 2.73. The first-order chi connectivity index (χ1) is 8.19. The molecule has 0 radical (unpaired) electrons. The fraction of sp³-hybridized carbons (Fsp3) is 0.286. The van der Waals surface area contributed by atoms with Gasteiger partial charge in [0.05, 0.1) is 0 Å². The molecule has 0 atom stereocenters. The summed E-state index contributed by atoms with van der Waals surface area (Å²) < 4.78 is 0. The Bertz CT molecular complexity index is 521. The first kappa shape index (κ1) is 11.6. The Morgan fingerprint density at radius 1 is 1.12 bits per heavy atom. The molecule has 2 aromatic rings. The number of nitrogens with one attached hydrogen (secondary N) is 1. The van der Waals surface area contributed by atoms with Gasteiger partial charge in [-0.2, -0.15) is 0 Å². The zero-order valence-electron chi connectivity index (χ0n) is 10.5. The molecule has 0 unspecified atom stereocenters. The summed E-state index contributed by atoms with van der Waals surface area (Å²) in [5, 5.41) is 3.02. The molecule has 2 rings (SSSR count). The van der Waals surface area contributed by atoms with Crippen LogP contribution in [0.4, 0.5) is 5.82 Å². The van der Waals surface area contributed by atoms with Crippen LogP contribution in [-0.4, -0.2) is 17.0 Å². The summed E-state index contributed by atoms with van der Waals surface area (Å²) >= 11 is 0. The molecule has 0 fully saturated rings. The third kappa shape index (κ3) is 2.81. The molecule has 0 saturated carbocycles. The fourth-order valence-corrected chi connectivity index (χ4v) is 1.72. The average molecular weight is 227 g/mol. The van der Waals surface area contributed by atoms with Crippen LogP contribution in [0.1, 0.15) is 22.5 Å². The van der Waals surface area contributed by atoms with Crippen molar-refractivity contribution >= 4 is 5.82 Å². The van der Waals surface area contributed by atoms with Gasteiger partial charge in [-0.15, -0.1) is 0 Å². The summed E-state index contributed by atoms with van der Waals surface area (Å²) in [5.41, 5.74) is 3.88. The van der Waals surface area contributed by atoms with Crippen LogP contribution >= 0.6 is 0 Å². The molecule has 88 valence electrons. The summed E-state index contributed by atoms with van der Waals surface area (Å²) in [6.45, 7) is 4.25. The smallest absolute Gasteiger partial charge is 0.135 e. The maximum Gasteiger partial charge on any atom is 0.135 e. The molecular formula is C14H17N3. The van der Waals surface area contributed by atoms with Gasteiger partial charge in [0.25, 0.3) is 0 Å². The van der Waals surface area contributed by atoms with Crippen molar-refractivity contribution in [3.8, 4) is 0 Å². The van der Waals surface area contributed by atoms with Gasteiger partial charge in [-0.25, -0.2) is 9.97 Å². The summed E-state index contributed by atoms with van der Waals surface area (Å²) in [4.78, 5) is 8.70. The number of aryl methyl sites for hydroxylation is 2. The van der Waals surface area contributed by atoms with Gasteiger partial charge in [-0.3, -0.25) is 0 Å². The molecule has 1 aromatic heterocycles. The van der Waals surface area contributed by atoms with Gasteiger partial charge in [-0.05, 0) is 36.6 Å². The van der Waals surface area contributed by atoms with Gasteiger partial charge < -0.3 is 5.32 Å². The van der Waals surface area contributed by atoms with E-state index in [1.54, 1.807) is 6.20 Å². The van der Waals surface area contributed by atoms with Crippen molar-refractivity contribution in [2.24, 2.45) is 0 Å². The van der Waals surface area contributed by atoms with Crippen molar-refractivity contribution in [3.63, 3.8) is 0 Å². The van der Waals surface area contributed by atoms with E-state index in [4.69, 9.17) is 0 Å². The Morgan fingerprint density at radius 3 is 2.65 bits per heavy atom. The lowest BCUT2D eigenvalue weighted by Crippen LogP contribution is -2.00. The molecule has 3 nitrogen and oxygen atoms in total. The number of anilines is 1. The average Bonchev–Trinajstić information content (AvgIpc) is 2.34. The van der Waals surface area contributed by atoms with Crippen LogP contribution in [-0.2, 0) is 6.42 Å². The van der Waals surface area contributed by atoms with Crippen LogP contribution in [0.2, 0.25) is 0 Å². The standard InChI is InChI=1S/C14H17N3/c1-10-4-5-12(8-11(10)2)9-14-16-7-6-13(15-3)17-14/h4-8H,9H2,1-3H3,(H,15,16,17). The minimum absolute atomic E-state index is 0.774. The number of hydrogen-bond acceptors (Lipinski definition) is 3. The number of hydrogen-bond donors (Lipinski definition) is 1. The summed E-state index contributed by atoms with van der Waals surface area (Å²) in [6.07, 6.45) is 2.56. The molecule has 0 aliphatic heterocycles. The Kier molecular flexibility index (Phi) is 3.38. The molecule has 3 heteroatoms. The Morgan fingerprint density at radius 2 is 1.94 bits per heavy atom. The van der Waals surface area contributed by atoms with Crippen molar-refractivity contribution in [2.75, 3.05) is 12.4 Å². The van der Waals surface area contributed by atoms with Gasteiger partial charge in [0, 0.05) is 19.7 Å². The normalized spacial score (nSPS) is 10.3. The van der Waals surface area contributed by atoms with Crippen molar-refractivity contribution in [1.29, 1.82) is 0 Å². The summed E-state index contributed by atoms with van der Waals surface area (Å²) in [5.74, 6) is 1.71.